The number of nitrogens with zero attached hydrogens (tertiary/aromatic N) is 1. The van der Waals surface area contributed by atoms with Crippen LogP contribution in [0.2, 0.25) is 0 Å². The van der Waals surface area contributed by atoms with Crippen LogP contribution in [-0.4, -0.2) is 5.11 Å². The van der Waals surface area contributed by atoms with Gasteiger partial charge in [-0.1, -0.05) is 18.2 Å². The third-order valence-corrected chi connectivity index (χ3v) is 1.79. The lowest BCUT2D eigenvalue weighted by Crippen LogP contribution is -1.87. The second-order valence-electron chi connectivity index (χ2n) is 2.79. The summed E-state index contributed by atoms with van der Waals surface area (Å²) in [5.74, 6) is 0.265. The molecule has 1 aromatic carbocycles. The molecule has 1 N–H and O–H groups in total. The molecule has 0 radical (unpaired) electrons. The number of nitriles is 1. The van der Waals surface area contributed by atoms with Gasteiger partial charge in [0, 0.05) is 0 Å². The molecule has 2 heteroatoms. The summed E-state index contributed by atoms with van der Waals surface area (Å²) in [6, 6.07) is 7.27. The quantitative estimate of drug-likeness (QED) is 0.712. The third kappa shape index (κ3) is 2.34. The molecule has 0 amide bonds. The minimum absolute atomic E-state index is 0.265. The molecule has 1 rings (SSSR count). The van der Waals surface area contributed by atoms with Crippen LogP contribution in [-0.2, 0) is 12.8 Å². The van der Waals surface area contributed by atoms with E-state index in [9.17, 15) is 5.11 Å². The maximum Gasteiger partial charge on any atom is 0.119 e. The number of allylic oxidation sites excluding steroid dienone is 1. The first-order chi connectivity index (χ1) is 6.27. The van der Waals surface area contributed by atoms with Crippen molar-refractivity contribution in [3.05, 3.63) is 42.0 Å². The van der Waals surface area contributed by atoms with Crippen molar-refractivity contribution in [2.75, 3.05) is 0 Å². The Bertz CT molecular complexity index is 350. The molecular weight excluding hydrogens is 162 g/mol. The molecule has 0 aliphatic carbocycles. The average Bonchev–Trinajstić information content (AvgIpc) is 2.12. The zero-order chi connectivity index (χ0) is 9.68. The minimum atomic E-state index is 0.265. The summed E-state index contributed by atoms with van der Waals surface area (Å²) in [6.07, 6.45) is 2.74. The average molecular weight is 173 g/mol. The van der Waals surface area contributed by atoms with Gasteiger partial charge < -0.3 is 5.11 Å². The molecule has 0 atom stereocenters. The summed E-state index contributed by atoms with van der Waals surface area (Å²) in [6.45, 7) is 3.60. The van der Waals surface area contributed by atoms with Gasteiger partial charge in [0.25, 0.3) is 0 Å². The molecule has 0 aliphatic rings. The standard InChI is InChI=1S/C11H11NO/c1-2-3-10-8-9(6-7-12)4-5-11(10)13/h2,4-5,8,13H,1,3,6H2. The summed E-state index contributed by atoms with van der Waals surface area (Å²) in [5, 5.41) is 17.9. The van der Waals surface area contributed by atoms with Gasteiger partial charge in [0.1, 0.15) is 5.75 Å². The highest BCUT2D eigenvalue weighted by Gasteiger charge is 2.00. The van der Waals surface area contributed by atoms with Crippen LogP contribution in [0.1, 0.15) is 11.1 Å². The second-order valence-corrected chi connectivity index (χ2v) is 2.79. The number of phenols is 1. The van der Waals surface area contributed by atoms with Gasteiger partial charge in [0.15, 0.2) is 0 Å². The Morgan fingerprint density at radius 3 is 2.92 bits per heavy atom. The van der Waals surface area contributed by atoms with E-state index in [1.807, 2.05) is 6.07 Å². The van der Waals surface area contributed by atoms with Crippen molar-refractivity contribution in [1.82, 2.24) is 0 Å². The zero-order valence-electron chi connectivity index (χ0n) is 7.33. The fourth-order valence-electron chi connectivity index (χ4n) is 1.16. The first-order valence-electron chi connectivity index (χ1n) is 4.06. The largest absolute Gasteiger partial charge is 0.508 e. The number of rotatable bonds is 3. The van der Waals surface area contributed by atoms with Crippen LogP contribution in [0.5, 0.6) is 5.75 Å². The lowest BCUT2D eigenvalue weighted by molar-refractivity contribution is 0.469. The summed E-state index contributed by atoms with van der Waals surface area (Å²) in [4.78, 5) is 0. The van der Waals surface area contributed by atoms with E-state index in [2.05, 4.69) is 12.6 Å². The van der Waals surface area contributed by atoms with Crippen LogP contribution in [0.3, 0.4) is 0 Å². The first kappa shape index (κ1) is 9.34. The Morgan fingerprint density at radius 2 is 2.31 bits per heavy atom. The number of hydrogen-bond acceptors (Lipinski definition) is 2. The number of benzene rings is 1. The summed E-state index contributed by atoms with van der Waals surface area (Å²) >= 11 is 0. The second kappa shape index (κ2) is 4.32. The fourth-order valence-corrected chi connectivity index (χ4v) is 1.16. The molecule has 0 unspecified atom stereocenters. The van der Waals surface area contributed by atoms with Crippen LogP contribution < -0.4 is 0 Å². The molecule has 0 fully saturated rings. The van der Waals surface area contributed by atoms with E-state index in [-0.39, 0.29) is 5.75 Å². The van der Waals surface area contributed by atoms with E-state index >= 15 is 0 Å². The van der Waals surface area contributed by atoms with Crippen LogP contribution >= 0.6 is 0 Å². The van der Waals surface area contributed by atoms with E-state index in [0.29, 0.717) is 12.8 Å². The maximum atomic E-state index is 9.40. The fraction of sp³-hybridized carbons (Fsp3) is 0.182. The van der Waals surface area contributed by atoms with Gasteiger partial charge in [-0.2, -0.15) is 5.26 Å². The molecule has 0 saturated carbocycles. The zero-order valence-corrected chi connectivity index (χ0v) is 7.33. The molecule has 0 spiro atoms. The third-order valence-electron chi connectivity index (χ3n) is 1.79. The molecule has 2 nitrogen and oxygen atoms in total. The van der Waals surface area contributed by atoms with Crippen molar-refractivity contribution in [2.24, 2.45) is 0 Å². The Morgan fingerprint density at radius 1 is 1.54 bits per heavy atom. The highest BCUT2D eigenvalue weighted by molar-refractivity contribution is 5.38. The van der Waals surface area contributed by atoms with Crippen LogP contribution in [0.25, 0.3) is 0 Å². The van der Waals surface area contributed by atoms with E-state index < -0.39 is 0 Å². The lowest BCUT2D eigenvalue weighted by Gasteiger charge is -2.02. The molecule has 0 heterocycles. The predicted molar refractivity (Wildman–Crippen MR) is 51.3 cm³/mol. The lowest BCUT2D eigenvalue weighted by atomic mass is 10.1. The van der Waals surface area contributed by atoms with Crippen molar-refractivity contribution >= 4 is 0 Å². The van der Waals surface area contributed by atoms with Crippen LogP contribution in [0, 0.1) is 11.3 Å². The van der Waals surface area contributed by atoms with Gasteiger partial charge >= 0.3 is 0 Å². The summed E-state index contributed by atoms with van der Waals surface area (Å²) in [5.41, 5.74) is 1.75. The number of hydrogen-bond donors (Lipinski definition) is 1. The smallest absolute Gasteiger partial charge is 0.119 e. The molecule has 66 valence electrons. The van der Waals surface area contributed by atoms with Crippen molar-refractivity contribution in [3.8, 4) is 11.8 Å². The highest BCUT2D eigenvalue weighted by atomic mass is 16.3. The van der Waals surface area contributed by atoms with Gasteiger partial charge in [-0.05, 0) is 23.6 Å². The highest BCUT2D eigenvalue weighted by Crippen LogP contribution is 2.19. The molecule has 0 bridgehead atoms. The van der Waals surface area contributed by atoms with E-state index in [1.165, 1.54) is 0 Å². The van der Waals surface area contributed by atoms with Crippen LogP contribution in [0.4, 0.5) is 0 Å². The molecular formula is C11H11NO. The molecule has 0 saturated heterocycles. The molecule has 0 aliphatic heterocycles. The topological polar surface area (TPSA) is 44.0 Å². The minimum Gasteiger partial charge on any atom is -0.508 e. The maximum absolute atomic E-state index is 9.40. The normalized spacial score (nSPS) is 9.15. The van der Waals surface area contributed by atoms with Crippen molar-refractivity contribution in [3.63, 3.8) is 0 Å². The Kier molecular flexibility index (Phi) is 3.10. The van der Waals surface area contributed by atoms with Gasteiger partial charge in [-0.25, -0.2) is 0 Å². The van der Waals surface area contributed by atoms with E-state index in [4.69, 9.17) is 5.26 Å². The van der Waals surface area contributed by atoms with Crippen molar-refractivity contribution in [1.29, 1.82) is 5.26 Å². The van der Waals surface area contributed by atoms with Gasteiger partial charge in [0.05, 0.1) is 12.5 Å². The number of aromatic hydroxyl groups is 1. The molecule has 13 heavy (non-hydrogen) atoms. The van der Waals surface area contributed by atoms with Crippen molar-refractivity contribution < 1.29 is 5.11 Å². The van der Waals surface area contributed by atoms with E-state index in [1.54, 1.807) is 18.2 Å². The Balaban J connectivity index is 2.97. The Labute approximate surface area is 77.8 Å². The first-order valence-corrected chi connectivity index (χ1v) is 4.06. The van der Waals surface area contributed by atoms with Gasteiger partial charge in [-0.15, -0.1) is 6.58 Å². The van der Waals surface area contributed by atoms with Crippen molar-refractivity contribution in [2.45, 2.75) is 12.8 Å². The monoisotopic (exact) mass is 173 g/mol. The number of phenolic OH excluding ortho intramolecular Hbond substituents is 1. The molecule has 0 aromatic heterocycles. The SMILES string of the molecule is C=CCc1cc(CC#N)ccc1O. The van der Waals surface area contributed by atoms with Gasteiger partial charge in [-0.3, -0.25) is 0 Å². The summed E-state index contributed by atoms with van der Waals surface area (Å²) in [7, 11) is 0. The van der Waals surface area contributed by atoms with Crippen LogP contribution in [0.15, 0.2) is 30.9 Å². The Hall–Kier alpha value is -1.75. The van der Waals surface area contributed by atoms with E-state index in [0.717, 1.165) is 11.1 Å². The van der Waals surface area contributed by atoms with Gasteiger partial charge in [0.2, 0.25) is 0 Å². The predicted octanol–water partition coefficient (Wildman–Crippen LogP) is 2.19. The molecule has 1 aromatic rings. The summed E-state index contributed by atoms with van der Waals surface area (Å²) < 4.78 is 0.